The molecule has 102 valence electrons. The van der Waals surface area contributed by atoms with Gasteiger partial charge in [-0.3, -0.25) is 10.1 Å². The van der Waals surface area contributed by atoms with Crippen LogP contribution in [-0.2, 0) is 4.79 Å². The van der Waals surface area contributed by atoms with Gasteiger partial charge in [-0.25, -0.2) is 13.6 Å². The van der Waals surface area contributed by atoms with Crippen LogP contribution in [0.4, 0.5) is 14.5 Å². The fraction of sp³-hybridized carbons (Fsp3) is 0.182. The van der Waals surface area contributed by atoms with E-state index in [1.54, 1.807) is 0 Å². The van der Waals surface area contributed by atoms with Gasteiger partial charge in [-0.15, -0.1) is 0 Å². The highest BCUT2D eigenvalue weighted by atomic mass is 19.3. The average molecular weight is 273 g/mol. The van der Waals surface area contributed by atoms with Gasteiger partial charge in [-0.05, 0) is 23.8 Å². The predicted molar refractivity (Wildman–Crippen MR) is 61.3 cm³/mol. The summed E-state index contributed by atoms with van der Waals surface area (Å²) in [5, 5.41) is 19.1. The van der Waals surface area contributed by atoms with E-state index in [1.807, 2.05) is 0 Å². The first-order valence-electron chi connectivity index (χ1n) is 5.00. The van der Waals surface area contributed by atoms with Crippen LogP contribution in [0, 0.1) is 10.1 Å². The molecule has 6 nitrogen and oxygen atoms in total. The zero-order valence-corrected chi connectivity index (χ0v) is 9.45. The average Bonchev–Trinajstić information content (AvgIpc) is 2.33. The number of rotatable bonds is 6. The van der Waals surface area contributed by atoms with Crippen molar-refractivity contribution in [1.29, 1.82) is 0 Å². The molecule has 0 aromatic heterocycles. The third-order valence-corrected chi connectivity index (χ3v) is 1.96. The number of benzene rings is 1. The molecule has 0 amide bonds. The first kappa shape index (κ1) is 14.6. The van der Waals surface area contributed by atoms with Crippen LogP contribution in [0.2, 0.25) is 0 Å². The molecule has 0 spiro atoms. The van der Waals surface area contributed by atoms with Gasteiger partial charge in [0.05, 0.1) is 4.92 Å². The molecule has 0 radical (unpaired) electrons. The maximum absolute atomic E-state index is 12.0. The lowest BCUT2D eigenvalue weighted by atomic mass is 10.2. The number of nitro groups is 1. The predicted octanol–water partition coefficient (Wildman–Crippen LogP) is 2.34. The van der Waals surface area contributed by atoms with Crippen molar-refractivity contribution in [3.63, 3.8) is 0 Å². The van der Waals surface area contributed by atoms with Crippen molar-refractivity contribution in [3.05, 3.63) is 40.0 Å². The maximum atomic E-state index is 12.0. The van der Waals surface area contributed by atoms with Crippen LogP contribution in [0.3, 0.4) is 0 Å². The van der Waals surface area contributed by atoms with Crippen molar-refractivity contribution in [2.45, 2.75) is 6.43 Å². The number of ether oxygens (including phenoxy) is 1. The van der Waals surface area contributed by atoms with E-state index < -0.39 is 29.6 Å². The van der Waals surface area contributed by atoms with Gasteiger partial charge in [0.1, 0.15) is 6.61 Å². The molecule has 0 bridgehead atoms. The van der Waals surface area contributed by atoms with Crippen molar-refractivity contribution < 1.29 is 28.3 Å². The molecule has 0 aliphatic heterocycles. The maximum Gasteiger partial charge on any atom is 0.328 e. The molecular formula is C11H9F2NO5. The van der Waals surface area contributed by atoms with Gasteiger partial charge in [0.25, 0.3) is 6.43 Å². The lowest BCUT2D eigenvalue weighted by molar-refractivity contribution is -0.385. The zero-order valence-electron chi connectivity index (χ0n) is 9.45. The molecule has 0 atom stereocenters. The molecule has 0 fully saturated rings. The summed E-state index contributed by atoms with van der Waals surface area (Å²) in [6, 6.07) is 3.47. The molecule has 19 heavy (non-hydrogen) atoms. The van der Waals surface area contributed by atoms with Crippen LogP contribution in [0.25, 0.3) is 6.08 Å². The number of alkyl halides is 2. The van der Waals surface area contributed by atoms with Crippen molar-refractivity contribution in [1.82, 2.24) is 0 Å². The number of carboxylic acids is 1. The summed E-state index contributed by atoms with van der Waals surface area (Å²) >= 11 is 0. The van der Waals surface area contributed by atoms with Crippen LogP contribution in [0.5, 0.6) is 5.75 Å². The largest absolute Gasteiger partial charge is 0.481 e. The van der Waals surface area contributed by atoms with E-state index in [-0.39, 0.29) is 11.3 Å². The molecule has 1 N–H and O–H groups in total. The van der Waals surface area contributed by atoms with Gasteiger partial charge >= 0.3 is 11.7 Å². The second kappa shape index (κ2) is 6.43. The van der Waals surface area contributed by atoms with Gasteiger partial charge in [0.2, 0.25) is 0 Å². The summed E-state index contributed by atoms with van der Waals surface area (Å²) in [4.78, 5) is 20.2. The van der Waals surface area contributed by atoms with Crippen LogP contribution in [0.15, 0.2) is 24.3 Å². The van der Waals surface area contributed by atoms with Crippen LogP contribution < -0.4 is 4.74 Å². The molecule has 0 aliphatic rings. The molecule has 0 unspecified atom stereocenters. The summed E-state index contributed by atoms with van der Waals surface area (Å²) in [6.45, 7) is -0.979. The van der Waals surface area contributed by atoms with E-state index in [0.29, 0.717) is 0 Å². The quantitative estimate of drug-likeness (QED) is 0.488. The van der Waals surface area contributed by atoms with Crippen LogP contribution >= 0.6 is 0 Å². The van der Waals surface area contributed by atoms with E-state index in [1.165, 1.54) is 12.1 Å². The van der Waals surface area contributed by atoms with Gasteiger partial charge < -0.3 is 9.84 Å². The van der Waals surface area contributed by atoms with Gasteiger partial charge in [0.15, 0.2) is 5.75 Å². The Morgan fingerprint density at radius 3 is 2.74 bits per heavy atom. The van der Waals surface area contributed by atoms with E-state index in [0.717, 1.165) is 18.2 Å². The Morgan fingerprint density at radius 1 is 1.53 bits per heavy atom. The number of carboxylic acid groups (broad SMARTS) is 1. The van der Waals surface area contributed by atoms with E-state index in [2.05, 4.69) is 4.74 Å². The zero-order chi connectivity index (χ0) is 14.4. The van der Waals surface area contributed by atoms with Gasteiger partial charge in [0, 0.05) is 12.1 Å². The molecule has 1 aromatic carbocycles. The first-order chi connectivity index (χ1) is 8.90. The lowest BCUT2D eigenvalue weighted by Gasteiger charge is -2.06. The minimum atomic E-state index is -2.77. The summed E-state index contributed by atoms with van der Waals surface area (Å²) in [5.41, 5.74) is -0.176. The van der Waals surface area contributed by atoms with Gasteiger partial charge in [-0.1, -0.05) is 0 Å². The molecule has 1 rings (SSSR count). The van der Waals surface area contributed by atoms with E-state index >= 15 is 0 Å². The summed E-state index contributed by atoms with van der Waals surface area (Å²) in [6.07, 6.45) is -0.780. The number of hydrogen-bond donors (Lipinski definition) is 1. The molecule has 1 aromatic rings. The van der Waals surface area contributed by atoms with Crippen molar-refractivity contribution >= 4 is 17.7 Å². The molecule has 0 aliphatic carbocycles. The Labute approximate surface area is 106 Å². The van der Waals surface area contributed by atoms with Crippen molar-refractivity contribution in [2.75, 3.05) is 6.61 Å². The summed E-state index contributed by atoms with van der Waals surface area (Å²) < 4.78 is 28.7. The highest BCUT2D eigenvalue weighted by molar-refractivity contribution is 5.85. The molecule has 0 heterocycles. The highest BCUT2D eigenvalue weighted by Crippen LogP contribution is 2.28. The minimum Gasteiger partial charge on any atom is -0.481 e. The normalized spacial score (nSPS) is 10.9. The lowest BCUT2D eigenvalue weighted by Crippen LogP contribution is -2.08. The SMILES string of the molecule is O=C(O)C=Cc1ccc([N+](=O)[O-])c(OCC(F)F)c1. The number of carbonyl (C=O) groups is 1. The topological polar surface area (TPSA) is 89.7 Å². The van der Waals surface area contributed by atoms with E-state index in [9.17, 15) is 23.7 Å². The minimum absolute atomic E-state index is 0.289. The highest BCUT2D eigenvalue weighted by Gasteiger charge is 2.16. The van der Waals surface area contributed by atoms with Crippen molar-refractivity contribution in [3.8, 4) is 5.75 Å². The summed E-state index contributed by atoms with van der Waals surface area (Å²) in [7, 11) is 0. The molecule has 0 saturated heterocycles. The Kier molecular flexibility index (Phi) is 4.92. The third kappa shape index (κ3) is 4.70. The second-order valence-electron chi connectivity index (χ2n) is 3.36. The molecule has 8 heteroatoms. The standard InChI is InChI=1S/C11H9F2NO5/c12-10(13)6-19-9-5-7(2-4-11(15)16)1-3-8(9)14(17)18/h1-5,10H,6H2,(H,15,16). The summed E-state index contributed by atoms with van der Waals surface area (Å²) in [5.74, 6) is -1.54. The fourth-order valence-corrected chi connectivity index (χ4v) is 1.22. The van der Waals surface area contributed by atoms with Gasteiger partial charge in [-0.2, -0.15) is 0 Å². The Hall–Kier alpha value is -2.51. The Bertz CT molecular complexity index is 516. The first-order valence-corrected chi connectivity index (χ1v) is 5.00. The number of halogens is 2. The number of hydrogen-bond acceptors (Lipinski definition) is 4. The monoisotopic (exact) mass is 273 g/mol. The fourth-order valence-electron chi connectivity index (χ4n) is 1.22. The second-order valence-corrected chi connectivity index (χ2v) is 3.36. The Morgan fingerprint density at radius 2 is 2.21 bits per heavy atom. The third-order valence-electron chi connectivity index (χ3n) is 1.96. The van der Waals surface area contributed by atoms with Crippen LogP contribution in [0.1, 0.15) is 5.56 Å². The molecular weight excluding hydrogens is 264 g/mol. The Balaban J connectivity index is 3.03. The van der Waals surface area contributed by atoms with Crippen LogP contribution in [-0.4, -0.2) is 29.0 Å². The molecule has 0 saturated carbocycles. The number of nitrogens with zero attached hydrogens (tertiary/aromatic N) is 1. The number of aliphatic carboxylic acids is 1. The van der Waals surface area contributed by atoms with E-state index in [4.69, 9.17) is 5.11 Å². The number of nitro benzene ring substituents is 1. The smallest absolute Gasteiger partial charge is 0.328 e. The van der Waals surface area contributed by atoms with Crippen molar-refractivity contribution in [2.24, 2.45) is 0 Å².